The summed E-state index contributed by atoms with van der Waals surface area (Å²) in [7, 11) is 0. The molecule has 1 nitrogen and oxygen atoms in total. The zero-order valence-corrected chi connectivity index (χ0v) is 6.85. The largest absolute Gasteiger partial charge is 0.324 e. The lowest BCUT2D eigenvalue weighted by Gasteiger charge is -2.09. The Hall–Kier alpha value is -0.960. The van der Waals surface area contributed by atoms with Crippen molar-refractivity contribution in [3.05, 3.63) is 35.4 Å². The van der Waals surface area contributed by atoms with Gasteiger partial charge in [0, 0.05) is 17.7 Å². The number of nitrogens with two attached hydrogens (primary N) is 1. The van der Waals surface area contributed by atoms with Gasteiger partial charge in [-0.05, 0) is 12.5 Å². The Morgan fingerprint density at radius 2 is 2.08 bits per heavy atom. The van der Waals surface area contributed by atoms with E-state index in [0.29, 0.717) is 12.0 Å². The second-order valence-corrected chi connectivity index (χ2v) is 2.68. The third-order valence-electron chi connectivity index (χ3n) is 1.80. The van der Waals surface area contributed by atoms with Gasteiger partial charge in [-0.15, -0.1) is 0 Å². The molecule has 0 aliphatic rings. The lowest BCUT2D eigenvalue weighted by Crippen LogP contribution is -2.10. The maximum Gasteiger partial charge on any atom is 0.130 e. The van der Waals surface area contributed by atoms with E-state index in [4.69, 9.17) is 5.73 Å². The van der Waals surface area contributed by atoms with Gasteiger partial charge in [0.1, 0.15) is 11.6 Å². The normalized spacial score (nSPS) is 13.0. The summed E-state index contributed by atoms with van der Waals surface area (Å²) in [4.78, 5) is 0. The van der Waals surface area contributed by atoms with Crippen LogP contribution in [0.2, 0.25) is 0 Å². The summed E-state index contributed by atoms with van der Waals surface area (Å²) < 4.78 is 25.4. The van der Waals surface area contributed by atoms with Crippen molar-refractivity contribution in [3.8, 4) is 0 Å². The molecule has 0 aromatic heterocycles. The number of rotatable bonds is 2. The average Bonchev–Trinajstić information content (AvgIpc) is 2.03. The van der Waals surface area contributed by atoms with Gasteiger partial charge in [0.15, 0.2) is 0 Å². The topological polar surface area (TPSA) is 26.0 Å². The Morgan fingerprint density at radius 3 is 2.58 bits per heavy atom. The van der Waals surface area contributed by atoms with Crippen molar-refractivity contribution in [2.24, 2.45) is 5.73 Å². The SMILES string of the molecule is CC[C@H](N)c1ccc(F)cc1F. The highest BCUT2D eigenvalue weighted by atomic mass is 19.1. The standard InChI is InChI=1S/C9H11F2N/c1-2-9(12)7-4-3-6(10)5-8(7)11/h3-5,9H,2,12H2,1H3/t9-/m0/s1. The fourth-order valence-electron chi connectivity index (χ4n) is 1.02. The zero-order chi connectivity index (χ0) is 9.14. The first-order chi connectivity index (χ1) is 5.65. The highest BCUT2D eigenvalue weighted by molar-refractivity contribution is 5.21. The third kappa shape index (κ3) is 1.80. The molecule has 12 heavy (non-hydrogen) atoms. The van der Waals surface area contributed by atoms with Crippen molar-refractivity contribution < 1.29 is 8.78 Å². The number of hydrogen-bond donors (Lipinski definition) is 1. The van der Waals surface area contributed by atoms with Crippen LogP contribution in [0.15, 0.2) is 18.2 Å². The minimum absolute atomic E-state index is 0.342. The van der Waals surface area contributed by atoms with Crippen LogP contribution in [0.4, 0.5) is 8.78 Å². The minimum atomic E-state index is -0.570. The monoisotopic (exact) mass is 171 g/mol. The van der Waals surface area contributed by atoms with E-state index in [1.807, 2.05) is 6.92 Å². The van der Waals surface area contributed by atoms with Gasteiger partial charge < -0.3 is 5.73 Å². The maximum absolute atomic E-state index is 13.0. The van der Waals surface area contributed by atoms with Crippen molar-refractivity contribution in [2.45, 2.75) is 19.4 Å². The quantitative estimate of drug-likeness (QED) is 0.726. The molecule has 1 atom stereocenters. The van der Waals surface area contributed by atoms with Gasteiger partial charge in [-0.2, -0.15) is 0 Å². The molecule has 3 heteroatoms. The predicted octanol–water partition coefficient (Wildman–Crippen LogP) is 2.37. The van der Waals surface area contributed by atoms with E-state index in [9.17, 15) is 8.78 Å². The zero-order valence-electron chi connectivity index (χ0n) is 6.85. The Labute approximate surface area is 70.2 Å². The number of halogens is 2. The molecular weight excluding hydrogens is 160 g/mol. The molecule has 0 aliphatic heterocycles. The third-order valence-corrected chi connectivity index (χ3v) is 1.80. The molecule has 0 saturated heterocycles. The highest BCUT2D eigenvalue weighted by Crippen LogP contribution is 2.17. The molecule has 0 aliphatic carbocycles. The van der Waals surface area contributed by atoms with Crippen molar-refractivity contribution in [2.75, 3.05) is 0 Å². The molecule has 0 heterocycles. The van der Waals surface area contributed by atoms with E-state index < -0.39 is 11.6 Å². The van der Waals surface area contributed by atoms with Gasteiger partial charge in [0.2, 0.25) is 0 Å². The highest BCUT2D eigenvalue weighted by Gasteiger charge is 2.09. The Kier molecular flexibility index (Phi) is 2.76. The van der Waals surface area contributed by atoms with Gasteiger partial charge in [0.05, 0.1) is 0 Å². The lowest BCUT2D eigenvalue weighted by molar-refractivity contribution is 0.551. The number of benzene rings is 1. The first-order valence-electron chi connectivity index (χ1n) is 3.85. The second kappa shape index (κ2) is 3.63. The van der Waals surface area contributed by atoms with Gasteiger partial charge in [-0.3, -0.25) is 0 Å². The molecule has 0 unspecified atom stereocenters. The summed E-state index contributed by atoms with van der Waals surface area (Å²) in [5, 5.41) is 0. The summed E-state index contributed by atoms with van der Waals surface area (Å²) in [6.07, 6.45) is 0.641. The molecule has 0 saturated carbocycles. The van der Waals surface area contributed by atoms with Crippen LogP contribution in [0.3, 0.4) is 0 Å². The average molecular weight is 171 g/mol. The molecule has 0 amide bonds. The predicted molar refractivity (Wildman–Crippen MR) is 43.6 cm³/mol. The maximum atomic E-state index is 13.0. The summed E-state index contributed by atoms with van der Waals surface area (Å²) in [5.41, 5.74) is 5.96. The molecule has 0 fully saturated rings. The van der Waals surface area contributed by atoms with Gasteiger partial charge in [-0.25, -0.2) is 8.78 Å². The van der Waals surface area contributed by atoms with E-state index in [0.717, 1.165) is 6.07 Å². The summed E-state index contributed by atoms with van der Waals surface area (Å²) in [5.74, 6) is -1.14. The molecule has 66 valence electrons. The first kappa shape index (κ1) is 9.13. The van der Waals surface area contributed by atoms with Crippen molar-refractivity contribution in [1.29, 1.82) is 0 Å². The van der Waals surface area contributed by atoms with Gasteiger partial charge in [0.25, 0.3) is 0 Å². The van der Waals surface area contributed by atoms with Crippen molar-refractivity contribution in [1.82, 2.24) is 0 Å². The minimum Gasteiger partial charge on any atom is -0.324 e. The molecule has 1 rings (SSSR count). The van der Waals surface area contributed by atoms with Crippen LogP contribution in [0, 0.1) is 11.6 Å². The summed E-state index contributed by atoms with van der Waals surface area (Å²) >= 11 is 0. The summed E-state index contributed by atoms with van der Waals surface area (Å²) in [6, 6.07) is 3.11. The Morgan fingerprint density at radius 1 is 1.42 bits per heavy atom. The molecule has 0 radical (unpaired) electrons. The fraction of sp³-hybridized carbons (Fsp3) is 0.333. The smallest absolute Gasteiger partial charge is 0.130 e. The van der Waals surface area contributed by atoms with Crippen LogP contribution >= 0.6 is 0 Å². The number of hydrogen-bond acceptors (Lipinski definition) is 1. The van der Waals surface area contributed by atoms with E-state index in [-0.39, 0.29) is 6.04 Å². The lowest BCUT2D eigenvalue weighted by atomic mass is 10.1. The van der Waals surface area contributed by atoms with E-state index in [1.54, 1.807) is 0 Å². The van der Waals surface area contributed by atoms with Gasteiger partial charge in [-0.1, -0.05) is 13.0 Å². The molecule has 1 aromatic carbocycles. The molecular formula is C9H11F2N. The van der Waals surface area contributed by atoms with Crippen LogP contribution in [0.1, 0.15) is 24.9 Å². The first-order valence-corrected chi connectivity index (χ1v) is 3.85. The van der Waals surface area contributed by atoms with Crippen LogP contribution in [0.5, 0.6) is 0 Å². The van der Waals surface area contributed by atoms with Crippen molar-refractivity contribution in [3.63, 3.8) is 0 Å². The fourth-order valence-corrected chi connectivity index (χ4v) is 1.02. The van der Waals surface area contributed by atoms with Gasteiger partial charge >= 0.3 is 0 Å². The van der Waals surface area contributed by atoms with Crippen molar-refractivity contribution >= 4 is 0 Å². The molecule has 2 N–H and O–H groups in total. The van der Waals surface area contributed by atoms with E-state index in [2.05, 4.69) is 0 Å². The molecule has 1 aromatic rings. The van der Waals surface area contributed by atoms with Crippen LogP contribution in [-0.2, 0) is 0 Å². The van der Waals surface area contributed by atoms with E-state index >= 15 is 0 Å². The summed E-state index contributed by atoms with van der Waals surface area (Å²) in [6.45, 7) is 1.85. The second-order valence-electron chi connectivity index (χ2n) is 2.68. The Bertz CT molecular complexity index is 273. The van der Waals surface area contributed by atoms with Crippen LogP contribution in [0.25, 0.3) is 0 Å². The molecule has 0 spiro atoms. The van der Waals surface area contributed by atoms with E-state index in [1.165, 1.54) is 12.1 Å². The van der Waals surface area contributed by atoms with Crippen LogP contribution in [-0.4, -0.2) is 0 Å². The molecule has 0 bridgehead atoms. The van der Waals surface area contributed by atoms with Crippen LogP contribution < -0.4 is 5.73 Å². The Balaban J connectivity index is 3.01.